The van der Waals surface area contributed by atoms with Gasteiger partial charge in [-0.3, -0.25) is 0 Å². The molecular formula is C15H22N2O3S. The predicted molar refractivity (Wildman–Crippen MR) is 80.2 cm³/mol. The lowest BCUT2D eigenvalue weighted by Gasteiger charge is -2.18. The number of aliphatic hydroxyl groups is 1. The molecule has 0 amide bonds. The van der Waals surface area contributed by atoms with Crippen molar-refractivity contribution in [2.75, 3.05) is 20.1 Å². The van der Waals surface area contributed by atoms with Crippen LogP contribution in [0.2, 0.25) is 0 Å². The highest BCUT2D eigenvalue weighted by atomic mass is 32.2. The standard InChI is InChI=1S/C15H22N2O3S/c1-16-8-11-2-5-13(6-3-11)21(19,20)17-9-12-4-7-15(18)14(12)10-17/h2-3,5-6,12,14-16,18H,4,7-10H2,1H3. The maximum atomic E-state index is 12.7. The van der Waals surface area contributed by atoms with Crippen molar-refractivity contribution in [3.05, 3.63) is 29.8 Å². The lowest BCUT2D eigenvalue weighted by molar-refractivity contribution is 0.129. The summed E-state index contributed by atoms with van der Waals surface area (Å²) < 4.78 is 26.9. The van der Waals surface area contributed by atoms with E-state index in [9.17, 15) is 13.5 Å². The number of nitrogens with one attached hydrogen (secondary N) is 1. The number of hydrogen-bond donors (Lipinski definition) is 2. The van der Waals surface area contributed by atoms with E-state index in [0.29, 0.717) is 23.9 Å². The van der Waals surface area contributed by atoms with Crippen molar-refractivity contribution < 1.29 is 13.5 Å². The minimum absolute atomic E-state index is 0.114. The zero-order chi connectivity index (χ0) is 15.0. The molecule has 2 fully saturated rings. The van der Waals surface area contributed by atoms with Crippen LogP contribution in [0, 0.1) is 11.8 Å². The number of fused-ring (bicyclic) bond motifs is 1. The van der Waals surface area contributed by atoms with Crippen LogP contribution >= 0.6 is 0 Å². The molecule has 2 N–H and O–H groups in total. The monoisotopic (exact) mass is 310 g/mol. The minimum Gasteiger partial charge on any atom is -0.393 e. The van der Waals surface area contributed by atoms with Crippen molar-refractivity contribution in [2.45, 2.75) is 30.4 Å². The van der Waals surface area contributed by atoms with Gasteiger partial charge < -0.3 is 10.4 Å². The Labute approximate surface area is 126 Å². The van der Waals surface area contributed by atoms with E-state index in [1.54, 1.807) is 12.1 Å². The molecule has 1 heterocycles. The topological polar surface area (TPSA) is 69.6 Å². The number of hydrogen-bond acceptors (Lipinski definition) is 4. The Bertz CT molecular complexity index is 600. The molecule has 5 nitrogen and oxygen atoms in total. The molecule has 1 aliphatic heterocycles. The SMILES string of the molecule is CNCc1ccc(S(=O)(=O)N2CC3CCC(O)C3C2)cc1. The molecule has 1 aromatic carbocycles. The van der Waals surface area contributed by atoms with Crippen LogP contribution in [0.4, 0.5) is 0 Å². The van der Waals surface area contributed by atoms with Gasteiger partial charge in [0.15, 0.2) is 0 Å². The zero-order valence-electron chi connectivity index (χ0n) is 12.2. The molecular weight excluding hydrogens is 288 g/mol. The fourth-order valence-electron chi connectivity index (χ4n) is 3.52. The van der Waals surface area contributed by atoms with E-state index in [2.05, 4.69) is 5.32 Å². The highest BCUT2D eigenvalue weighted by molar-refractivity contribution is 7.89. The van der Waals surface area contributed by atoms with Crippen LogP contribution in [0.15, 0.2) is 29.2 Å². The molecule has 2 aliphatic rings. The summed E-state index contributed by atoms with van der Waals surface area (Å²) in [6, 6.07) is 7.03. The van der Waals surface area contributed by atoms with E-state index in [1.165, 1.54) is 4.31 Å². The molecule has 0 radical (unpaired) electrons. The van der Waals surface area contributed by atoms with Gasteiger partial charge in [-0.05, 0) is 43.5 Å². The van der Waals surface area contributed by atoms with Crippen molar-refractivity contribution in [3.8, 4) is 0 Å². The van der Waals surface area contributed by atoms with E-state index < -0.39 is 10.0 Å². The highest BCUT2D eigenvalue weighted by Gasteiger charge is 2.45. The Morgan fingerprint density at radius 1 is 1.24 bits per heavy atom. The van der Waals surface area contributed by atoms with Crippen molar-refractivity contribution in [2.24, 2.45) is 11.8 Å². The molecule has 3 atom stereocenters. The van der Waals surface area contributed by atoms with Gasteiger partial charge in [-0.1, -0.05) is 12.1 Å². The largest absolute Gasteiger partial charge is 0.393 e. The quantitative estimate of drug-likeness (QED) is 0.863. The number of sulfonamides is 1. The molecule has 3 unspecified atom stereocenters. The molecule has 1 saturated carbocycles. The molecule has 0 spiro atoms. The second-order valence-electron chi connectivity index (χ2n) is 6.06. The van der Waals surface area contributed by atoms with Gasteiger partial charge in [-0.2, -0.15) is 4.31 Å². The van der Waals surface area contributed by atoms with Gasteiger partial charge in [0.1, 0.15) is 0 Å². The normalized spacial score (nSPS) is 29.7. The number of aliphatic hydroxyl groups excluding tert-OH is 1. The fourth-order valence-corrected chi connectivity index (χ4v) is 5.06. The minimum atomic E-state index is -3.43. The summed E-state index contributed by atoms with van der Waals surface area (Å²) >= 11 is 0. The summed E-state index contributed by atoms with van der Waals surface area (Å²) in [4.78, 5) is 0.344. The Morgan fingerprint density at radius 3 is 2.57 bits per heavy atom. The lowest BCUT2D eigenvalue weighted by atomic mass is 10.00. The van der Waals surface area contributed by atoms with E-state index in [-0.39, 0.29) is 12.0 Å². The maximum Gasteiger partial charge on any atom is 0.243 e. The molecule has 3 rings (SSSR count). The first kappa shape index (κ1) is 15.0. The van der Waals surface area contributed by atoms with Crippen molar-refractivity contribution in [1.29, 1.82) is 0 Å². The lowest BCUT2D eigenvalue weighted by Crippen LogP contribution is -2.31. The number of benzene rings is 1. The van der Waals surface area contributed by atoms with E-state index >= 15 is 0 Å². The van der Waals surface area contributed by atoms with Gasteiger partial charge >= 0.3 is 0 Å². The molecule has 0 bridgehead atoms. The average Bonchev–Trinajstić information content (AvgIpc) is 3.03. The second-order valence-corrected chi connectivity index (χ2v) is 8.00. The third-order valence-electron chi connectivity index (χ3n) is 4.73. The summed E-state index contributed by atoms with van der Waals surface area (Å²) in [7, 11) is -1.57. The zero-order valence-corrected chi connectivity index (χ0v) is 13.0. The van der Waals surface area contributed by atoms with E-state index in [4.69, 9.17) is 0 Å². The first-order valence-electron chi connectivity index (χ1n) is 7.44. The van der Waals surface area contributed by atoms with Crippen molar-refractivity contribution >= 4 is 10.0 Å². The summed E-state index contributed by atoms with van der Waals surface area (Å²) in [6.45, 7) is 1.72. The third-order valence-corrected chi connectivity index (χ3v) is 6.57. The van der Waals surface area contributed by atoms with Crippen LogP contribution in [0.5, 0.6) is 0 Å². The van der Waals surface area contributed by atoms with E-state index in [0.717, 1.165) is 24.9 Å². The van der Waals surface area contributed by atoms with Crippen LogP contribution in [0.3, 0.4) is 0 Å². The Balaban J connectivity index is 1.78. The van der Waals surface area contributed by atoms with Gasteiger partial charge in [-0.25, -0.2) is 8.42 Å². The van der Waals surface area contributed by atoms with Crippen LogP contribution in [-0.2, 0) is 16.6 Å². The number of nitrogens with zero attached hydrogens (tertiary/aromatic N) is 1. The Kier molecular flexibility index (Phi) is 4.05. The second kappa shape index (κ2) is 5.68. The van der Waals surface area contributed by atoms with Crippen molar-refractivity contribution in [1.82, 2.24) is 9.62 Å². The number of rotatable bonds is 4. The van der Waals surface area contributed by atoms with Crippen LogP contribution in [0.25, 0.3) is 0 Å². The Hall–Kier alpha value is -0.950. The summed E-state index contributed by atoms with van der Waals surface area (Å²) in [5.74, 6) is 0.432. The first-order valence-corrected chi connectivity index (χ1v) is 8.88. The van der Waals surface area contributed by atoms with Gasteiger partial charge in [-0.15, -0.1) is 0 Å². The fraction of sp³-hybridized carbons (Fsp3) is 0.600. The smallest absolute Gasteiger partial charge is 0.243 e. The van der Waals surface area contributed by atoms with Gasteiger partial charge in [0, 0.05) is 25.6 Å². The molecule has 116 valence electrons. The molecule has 1 saturated heterocycles. The molecule has 6 heteroatoms. The summed E-state index contributed by atoms with van der Waals surface area (Å²) in [6.07, 6.45) is 1.40. The molecule has 1 aromatic rings. The average molecular weight is 310 g/mol. The van der Waals surface area contributed by atoms with Crippen LogP contribution < -0.4 is 5.32 Å². The Morgan fingerprint density at radius 2 is 1.95 bits per heavy atom. The summed E-state index contributed by atoms with van der Waals surface area (Å²) in [5.41, 5.74) is 1.06. The molecule has 21 heavy (non-hydrogen) atoms. The predicted octanol–water partition coefficient (Wildman–Crippen LogP) is 0.797. The van der Waals surface area contributed by atoms with Gasteiger partial charge in [0.25, 0.3) is 0 Å². The molecule has 1 aliphatic carbocycles. The van der Waals surface area contributed by atoms with Gasteiger partial charge in [0.2, 0.25) is 10.0 Å². The summed E-state index contributed by atoms with van der Waals surface area (Å²) in [5, 5.41) is 13.0. The highest BCUT2D eigenvalue weighted by Crippen LogP contribution is 2.40. The van der Waals surface area contributed by atoms with Crippen LogP contribution in [-0.4, -0.2) is 44.1 Å². The third kappa shape index (κ3) is 2.73. The molecule has 0 aromatic heterocycles. The van der Waals surface area contributed by atoms with Gasteiger partial charge in [0.05, 0.1) is 11.0 Å². The van der Waals surface area contributed by atoms with E-state index in [1.807, 2.05) is 19.2 Å². The first-order chi connectivity index (χ1) is 10.0. The maximum absolute atomic E-state index is 12.7. The van der Waals surface area contributed by atoms with Crippen molar-refractivity contribution in [3.63, 3.8) is 0 Å². The van der Waals surface area contributed by atoms with Crippen LogP contribution in [0.1, 0.15) is 18.4 Å².